The van der Waals surface area contributed by atoms with Crippen molar-refractivity contribution in [3.63, 3.8) is 0 Å². The van der Waals surface area contributed by atoms with Crippen LogP contribution in [0.1, 0.15) is 30.1 Å². The molecule has 1 atom stereocenters. The van der Waals surface area contributed by atoms with Crippen LogP contribution in [0, 0.1) is 0 Å². The van der Waals surface area contributed by atoms with Crippen LogP contribution in [0.5, 0.6) is 0 Å². The number of hydrogen-bond donors (Lipinski definition) is 0. The molecule has 0 amide bonds. The van der Waals surface area contributed by atoms with E-state index in [2.05, 4.69) is 30.2 Å². The maximum Gasteiger partial charge on any atom is 0.160 e. The standard InChI is InChI=1S/C17H20N6S/c1-22-8-6-20-17(22)16-15(18-4-5-19-16)13-3-2-7-23(9-13)10-14-11-24-12-21-14/h4-6,8,11-13H,2-3,7,9-10H2,1H3/t13-/m1/s1. The zero-order valence-corrected chi connectivity index (χ0v) is 14.5. The second-order valence-electron chi connectivity index (χ2n) is 6.21. The Hall–Kier alpha value is -2.12. The Morgan fingerprint density at radius 2 is 2.08 bits per heavy atom. The SMILES string of the molecule is Cn1ccnc1-c1nccnc1[C@@H]1CCCN(Cc2cscn2)C1. The summed E-state index contributed by atoms with van der Waals surface area (Å²) in [6.07, 6.45) is 9.62. The molecule has 3 aromatic rings. The number of imidazole rings is 1. The molecule has 0 radical (unpaired) electrons. The number of piperidine rings is 1. The fourth-order valence-corrected chi connectivity index (χ4v) is 3.93. The van der Waals surface area contributed by atoms with E-state index in [-0.39, 0.29) is 0 Å². The predicted molar refractivity (Wildman–Crippen MR) is 93.6 cm³/mol. The second-order valence-corrected chi connectivity index (χ2v) is 6.92. The Morgan fingerprint density at radius 3 is 2.88 bits per heavy atom. The molecule has 7 heteroatoms. The summed E-state index contributed by atoms with van der Waals surface area (Å²) >= 11 is 1.66. The average Bonchev–Trinajstić information content (AvgIpc) is 3.27. The molecular weight excluding hydrogens is 320 g/mol. The highest BCUT2D eigenvalue weighted by atomic mass is 32.1. The lowest BCUT2D eigenvalue weighted by molar-refractivity contribution is 0.197. The van der Waals surface area contributed by atoms with Crippen molar-refractivity contribution in [2.75, 3.05) is 13.1 Å². The van der Waals surface area contributed by atoms with Crippen molar-refractivity contribution in [3.8, 4) is 11.5 Å². The summed E-state index contributed by atoms with van der Waals surface area (Å²) in [5.74, 6) is 1.27. The van der Waals surface area contributed by atoms with E-state index in [4.69, 9.17) is 0 Å². The molecule has 0 spiro atoms. The van der Waals surface area contributed by atoms with Gasteiger partial charge in [-0.1, -0.05) is 0 Å². The zero-order valence-electron chi connectivity index (χ0n) is 13.7. The van der Waals surface area contributed by atoms with Gasteiger partial charge in [0, 0.05) is 56.2 Å². The van der Waals surface area contributed by atoms with Gasteiger partial charge < -0.3 is 4.57 Å². The minimum absolute atomic E-state index is 0.387. The van der Waals surface area contributed by atoms with Crippen molar-refractivity contribution < 1.29 is 0 Å². The van der Waals surface area contributed by atoms with E-state index in [0.29, 0.717) is 5.92 Å². The molecule has 1 saturated heterocycles. The first-order valence-corrected chi connectivity index (χ1v) is 9.13. The molecule has 3 aromatic heterocycles. The lowest BCUT2D eigenvalue weighted by Crippen LogP contribution is -2.34. The Balaban J connectivity index is 1.58. The number of thiazole rings is 1. The van der Waals surface area contributed by atoms with E-state index in [0.717, 1.165) is 49.0 Å². The number of hydrogen-bond acceptors (Lipinski definition) is 6. The van der Waals surface area contributed by atoms with E-state index in [1.165, 1.54) is 6.42 Å². The van der Waals surface area contributed by atoms with Crippen LogP contribution >= 0.6 is 11.3 Å². The van der Waals surface area contributed by atoms with Crippen LogP contribution in [0.15, 0.2) is 35.7 Å². The first kappa shape index (κ1) is 15.4. The molecule has 1 fully saturated rings. The Labute approximate surface area is 145 Å². The van der Waals surface area contributed by atoms with E-state index in [1.54, 1.807) is 23.7 Å². The number of aryl methyl sites for hydroxylation is 1. The summed E-state index contributed by atoms with van der Waals surface area (Å²) in [5.41, 5.74) is 5.03. The van der Waals surface area contributed by atoms with Gasteiger partial charge in [0.05, 0.1) is 16.9 Å². The molecule has 124 valence electrons. The average molecular weight is 340 g/mol. The highest BCUT2D eigenvalue weighted by Crippen LogP contribution is 2.31. The fraction of sp³-hybridized carbons (Fsp3) is 0.412. The van der Waals surface area contributed by atoms with Gasteiger partial charge in [-0.05, 0) is 19.4 Å². The van der Waals surface area contributed by atoms with Crippen molar-refractivity contribution >= 4 is 11.3 Å². The van der Waals surface area contributed by atoms with Crippen molar-refractivity contribution in [1.29, 1.82) is 0 Å². The molecule has 4 heterocycles. The van der Waals surface area contributed by atoms with Crippen LogP contribution in [-0.4, -0.2) is 42.5 Å². The summed E-state index contributed by atoms with van der Waals surface area (Å²) < 4.78 is 2.00. The number of likely N-dealkylation sites (tertiary alicyclic amines) is 1. The van der Waals surface area contributed by atoms with Crippen molar-refractivity contribution in [2.45, 2.75) is 25.3 Å². The lowest BCUT2D eigenvalue weighted by Gasteiger charge is -2.32. The molecule has 0 unspecified atom stereocenters. The quantitative estimate of drug-likeness (QED) is 0.731. The van der Waals surface area contributed by atoms with Gasteiger partial charge in [-0.15, -0.1) is 11.3 Å². The smallest absolute Gasteiger partial charge is 0.160 e. The highest BCUT2D eigenvalue weighted by molar-refractivity contribution is 7.07. The van der Waals surface area contributed by atoms with Crippen LogP contribution < -0.4 is 0 Å². The number of rotatable bonds is 4. The Morgan fingerprint density at radius 1 is 1.17 bits per heavy atom. The predicted octanol–water partition coefficient (Wildman–Crippen LogP) is 2.71. The van der Waals surface area contributed by atoms with E-state index >= 15 is 0 Å². The lowest BCUT2D eigenvalue weighted by atomic mass is 9.93. The van der Waals surface area contributed by atoms with E-state index in [9.17, 15) is 0 Å². The number of nitrogens with zero attached hydrogens (tertiary/aromatic N) is 6. The van der Waals surface area contributed by atoms with E-state index < -0.39 is 0 Å². The normalized spacial score (nSPS) is 18.8. The summed E-state index contributed by atoms with van der Waals surface area (Å²) in [7, 11) is 2.00. The maximum absolute atomic E-state index is 4.67. The first-order valence-electron chi connectivity index (χ1n) is 8.19. The highest BCUT2D eigenvalue weighted by Gasteiger charge is 2.26. The molecule has 6 nitrogen and oxygen atoms in total. The van der Waals surface area contributed by atoms with Crippen LogP contribution in [0.25, 0.3) is 11.5 Å². The summed E-state index contributed by atoms with van der Waals surface area (Å²) in [4.78, 5) is 20.6. The topological polar surface area (TPSA) is 59.7 Å². The Bertz CT molecular complexity index is 797. The maximum atomic E-state index is 4.67. The molecular formula is C17H20N6S. The van der Waals surface area contributed by atoms with Gasteiger partial charge in [0.25, 0.3) is 0 Å². The summed E-state index contributed by atoms with van der Waals surface area (Å²) in [6, 6.07) is 0. The van der Waals surface area contributed by atoms with Gasteiger partial charge in [-0.25, -0.2) is 15.0 Å². The zero-order chi connectivity index (χ0) is 16.4. The fourth-order valence-electron chi connectivity index (χ4n) is 3.38. The van der Waals surface area contributed by atoms with Gasteiger partial charge in [0.2, 0.25) is 0 Å². The van der Waals surface area contributed by atoms with Crippen LogP contribution in [0.2, 0.25) is 0 Å². The third-order valence-electron chi connectivity index (χ3n) is 4.52. The third-order valence-corrected chi connectivity index (χ3v) is 5.16. The first-order chi connectivity index (χ1) is 11.8. The number of aromatic nitrogens is 5. The molecule has 0 bridgehead atoms. The minimum Gasteiger partial charge on any atom is -0.333 e. The third kappa shape index (κ3) is 3.09. The van der Waals surface area contributed by atoms with Gasteiger partial charge >= 0.3 is 0 Å². The molecule has 1 aliphatic heterocycles. The van der Waals surface area contributed by atoms with E-state index in [1.807, 2.05) is 29.5 Å². The van der Waals surface area contributed by atoms with Gasteiger partial charge in [0.1, 0.15) is 5.69 Å². The Kier molecular flexibility index (Phi) is 4.36. The van der Waals surface area contributed by atoms with Gasteiger partial charge in [0.15, 0.2) is 5.82 Å². The minimum atomic E-state index is 0.387. The largest absolute Gasteiger partial charge is 0.333 e. The molecule has 4 rings (SSSR count). The summed E-state index contributed by atoms with van der Waals surface area (Å²) in [5, 5.41) is 2.13. The second kappa shape index (κ2) is 6.78. The molecule has 0 saturated carbocycles. The van der Waals surface area contributed by atoms with Gasteiger partial charge in [-0.3, -0.25) is 9.88 Å². The molecule has 0 aliphatic carbocycles. The molecule has 0 aromatic carbocycles. The molecule has 1 aliphatic rings. The van der Waals surface area contributed by atoms with Crippen LogP contribution in [-0.2, 0) is 13.6 Å². The molecule has 24 heavy (non-hydrogen) atoms. The monoisotopic (exact) mass is 340 g/mol. The van der Waals surface area contributed by atoms with Gasteiger partial charge in [-0.2, -0.15) is 0 Å². The summed E-state index contributed by atoms with van der Waals surface area (Å²) in [6.45, 7) is 3.03. The van der Waals surface area contributed by atoms with Crippen LogP contribution in [0.3, 0.4) is 0 Å². The van der Waals surface area contributed by atoms with Crippen molar-refractivity contribution in [3.05, 3.63) is 47.1 Å². The van der Waals surface area contributed by atoms with Crippen molar-refractivity contribution in [1.82, 2.24) is 29.4 Å². The van der Waals surface area contributed by atoms with Crippen molar-refractivity contribution in [2.24, 2.45) is 7.05 Å². The molecule has 0 N–H and O–H groups in total. The van der Waals surface area contributed by atoms with Crippen LogP contribution in [0.4, 0.5) is 0 Å².